The molecular weight excluding hydrogens is 869 g/mol. The third kappa shape index (κ3) is 12.3. The molecule has 8 N–H and O–H groups in total. The third-order valence-corrected chi connectivity index (χ3v) is 12.2. The first-order valence-electron chi connectivity index (χ1n) is 23.3. The number of carbonyl (C=O) groups excluding carboxylic acids is 1. The summed E-state index contributed by atoms with van der Waals surface area (Å²) in [6.45, 7) is 4.90. The Labute approximate surface area is 400 Å². The first-order valence-corrected chi connectivity index (χ1v) is 23.3. The van der Waals surface area contributed by atoms with Crippen molar-refractivity contribution < 1.29 is 24.2 Å². The number of rotatable bonds is 11. The normalized spacial score (nSPS) is 14.0. The molecule has 0 saturated carbocycles. The van der Waals surface area contributed by atoms with Gasteiger partial charge in [-0.2, -0.15) is 0 Å². The Balaban J connectivity index is 0.000000161. The zero-order chi connectivity index (χ0) is 48.0. The molecule has 69 heavy (non-hydrogen) atoms. The lowest BCUT2D eigenvalue weighted by Gasteiger charge is -2.21. The number of nitrogens with two attached hydrogens (primary N) is 3. The molecule has 0 spiro atoms. The molecule has 8 aromatic rings. The molecule has 4 aromatic carbocycles. The van der Waals surface area contributed by atoms with E-state index >= 15 is 0 Å². The van der Waals surface area contributed by atoms with Crippen LogP contribution >= 0.6 is 0 Å². The van der Waals surface area contributed by atoms with Gasteiger partial charge < -0.3 is 37.1 Å². The molecule has 10 rings (SSSR count). The fourth-order valence-corrected chi connectivity index (χ4v) is 8.44. The van der Waals surface area contributed by atoms with Gasteiger partial charge in [-0.15, -0.1) is 0 Å². The number of carbonyl (C=O) groups is 2. The zero-order valence-electron chi connectivity index (χ0n) is 38.3. The van der Waals surface area contributed by atoms with Crippen LogP contribution in [0.1, 0.15) is 59.5 Å². The third-order valence-electron chi connectivity index (χ3n) is 12.2. The lowest BCUT2D eigenvalue weighted by molar-refractivity contribution is 0.0635. The number of aromatic nitrogens is 6. The van der Waals surface area contributed by atoms with Gasteiger partial charge in [0.15, 0.2) is 23.0 Å². The Hall–Kier alpha value is -7.72. The van der Waals surface area contributed by atoms with Gasteiger partial charge in [-0.3, -0.25) is 14.8 Å². The molecule has 352 valence electrons. The number of anilines is 2. The van der Waals surface area contributed by atoms with Crippen molar-refractivity contribution in [3.05, 3.63) is 145 Å². The van der Waals surface area contributed by atoms with Crippen LogP contribution in [0.25, 0.3) is 66.8 Å². The van der Waals surface area contributed by atoms with Crippen LogP contribution in [0, 0.1) is 11.8 Å². The highest BCUT2D eigenvalue weighted by molar-refractivity contribution is 5.98. The molecule has 15 nitrogen and oxygen atoms in total. The minimum Gasteiger partial charge on any atom is -0.476 e. The van der Waals surface area contributed by atoms with Gasteiger partial charge in [-0.1, -0.05) is 84.9 Å². The highest BCUT2D eigenvalue weighted by Crippen LogP contribution is 2.34. The van der Waals surface area contributed by atoms with Crippen LogP contribution in [-0.2, 0) is 9.47 Å². The summed E-state index contributed by atoms with van der Waals surface area (Å²) in [5, 5.41) is 14.3. The molecular formula is C54H56N10O5. The Morgan fingerprint density at radius 1 is 0.551 bits per heavy atom. The van der Waals surface area contributed by atoms with E-state index < -0.39 is 5.97 Å². The summed E-state index contributed by atoms with van der Waals surface area (Å²) in [5.41, 5.74) is 24.7. The summed E-state index contributed by atoms with van der Waals surface area (Å²) < 4.78 is 10.6. The van der Waals surface area contributed by atoms with E-state index in [0.29, 0.717) is 35.2 Å². The van der Waals surface area contributed by atoms with Crippen molar-refractivity contribution in [1.29, 1.82) is 0 Å². The molecule has 2 fully saturated rings. The number of aromatic carboxylic acids is 1. The van der Waals surface area contributed by atoms with Gasteiger partial charge in [0.1, 0.15) is 0 Å². The van der Waals surface area contributed by atoms with Crippen LogP contribution in [0.15, 0.2) is 134 Å². The largest absolute Gasteiger partial charge is 0.476 e. The summed E-state index contributed by atoms with van der Waals surface area (Å²) in [6, 6.07) is 38.4. The summed E-state index contributed by atoms with van der Waals surface area (Å²) >= 11 is 0. The second-order valence-electron chi connectivity index (χ2n) is 16.9. The van der Waals surface area contributed by atoms with Crippen molar-refractivity contribution in [3.8, 4) is 45.0 Å². The second kappa shape index (κ2) is 23.3. The Morgan fingerprint density at radius 3 is 1.48 bits per heavy atom. The molecule has 4 aromatic heterocycles. The van der Waals surface area contributed by atoms with Gasteiger partial charge in [0.2, 0.25) is 0 Å². The number of carboxylic acid groups (broad SMARTS) is 1. The van der Waals surface area contributed by atoms with Crippen LogP contribution in [0.3, 0.4) is 0 Å². The van der Waals surface area contributed by atoms with Crippen molar-refractivity contribution in [2.24, 2.45) is 17.6 Å². The minimum absolute atomic E-state index is 0.109. The van der Waals surface area contributed by atoms with Crippen molar-refractivity contribution in [2.75, 3.05) is 51.0 Å². The molecule has 0 aliphatic carbocycles. The van der Waals surface area contributed by atoms with Crippen LogP contribution in [0.2, 0.25) is 0 Å². The van der Waals surface area contributed by atoms with E-state index in [9.17, 15) is 14.7 Å². The molecule has 0 radical (unpaired) electrons. The number of hydrogen-bond acceptors (Lipinski definition) is 13. The SMILES string of the molecule is NCCC1CCOCC1.Nc1nc(-c2ccccc2)c(-c2ccc3ncccc3c2)nc1C(=O)NCCC1CCOCC1.Nc1nc(-c2ccccc2)c(-c2ccc3ncccc3c2)nc1C(=O)O. The van der Waals surface area contributed by atoms with E-state index in [1.807, 2.05) is 121 Å². The van der Waals surface area contributed by atoms with Gasteiger partial charge in [-0.05, 0) is 93.3 Å². The van der Waals surface area contributed by atoms with Crippen LogP contribution < -0.4 is 22.5 Å². The lowest BCUT2D eigenvalue weighted by Crippen LogP contribution is -2.29. The molecule has 6 heterocycles. The molecule has 2 saturated heterocycles. The van der Waals surface area contributed by atoms with Crippen LogP contribution in [-0.4, -0.2) is 86.4 Å². The molecule has 0 unspecified atom stereocenters. The topological polar surface area (TPSA) is 240 Å². The number of hydrogen-bond donors (Lipinski definition) is 5. The summed E-state index contributed by atoms with van der Waals surface area (Å²) in [4.78, 5) is 51.3. The number of pyridine rings is 2. The molecule has 0 bridgehead atoms. The van der Waals surface area contributed by atoms with Gasteiger partial charge in [-0.25, -0.2) is 24.7 Å². The quantitative estimate of drug-likeness (QED) is 0.0814. The second-order valence-corrected chi connectivity index (χ2v) is 16.9. The summed E-state index contributed by atoms with van der Waals surface area (Å²) in [5.74, 6) is -0.0849. The molecule has 15 heteroatoms. The number of nitrogen functional groups attached to an aromatic ring is 2. The average molecular weight is 925 g/mol. The molecule has 2 aliphatic heterocycles. The highest BCUT2D eigenvalue weighted by atomic mass is 16.5. The fraction of sp³-hybridized carbons (Fsp3) is 0.259. The maximum atomic E-state index is 13.0. The first-order chi connectivity index (χ1) is 33.7. The van der Waals surface area contributed by atoms with Crippen molar-refractivity contribution >= 4 is 45.3 Å². The van der Waals surface area contributed by atoms with E-state index in [-0.39, 0.29) is 28.9 Å². The zero-order valence-corrected chi connectivity index (χ0v) is 38.3. The van der Waals surface area contributed by atoms with E-state index in [1.165, 1.54) is 19.3 Å². The number of nitrogens with one attached hydrogen (secondary N) is 1. The maximum Gasteiger partial charge on any atom is 0.358 e. The standard InChI is InChI=1S/C27H27N5O2.C20H14N4O2.C7H15NO/c28-26-25(27(33)30-14-10-18-11-15-34-16-12-18)31-24(23(32-26)19-5-2-1-3-6-19)21-8-9-22-20(17-21)7-4-13-29-22;21-19-18(20(25)26)23-17(16(24-19)12-5-2-1-3-6-12)14-8-9-15-13(11-14)7-4-10-22-15;8-4-1-7-2-5-9-6-3-7/h1-9,13,17-18H,10-12,14-16H2,(H2,28,32)(H,30,33);1-11H,(H2,21,24)(H,25,26);7H,1-6,8H2. The number of nitrogens with zero attached hydrogens (tertiary/aromatic N) is 6. The maximum absolute atomic E-state index is 13.0. The number of amides is 1. The predicted molar refractivity (Wildman–Crippen MR) is 270 cm³/mol. The summed E-state index contributed by atoms with van der Waals surface area (Å²) in [7, 11) is 0. The average Bonchev–Trinajstić information content (AvgIpc) is 3.39. The van der Waals surface area contributed by atoms with Crippen LogP contribution in [0.4, 0.5) is 11.6 Å². The van der Waals surface area contributed by atoms with Gasteiger partial charge >= 0.3 is 5.97 Å². The summed E-state index contributed by atoms with van der Waals surface area (Å²) in [6.07, 6.45) is 10.1. The number of fused-ring (bicyclic) bond motifs is 2. The number of carboxylic acids is 1. The minimum atomic E-state index is -1.21. The highest BCUT2D eigenvalue weighted by Gasteiger charge is 2.22. The lowest BCUT2D eigenvalue weighted by atomic mass is 9.97. The smallest absolute Gasteiger partial charge is 0.358 e. The van der Waals surface area contributed by atoms with Crippen molar-refractivity contribution in [2.45, 2.75) is 38.5 Å². The van der Waals surface area contributed by atoms with Gasteiger partial charge in [0.05, 0.1) is 33.8 Å². The monoisotopic (exact) mass is 924 g/mol. The Bertz CT molecular complexity index is 3000. The van der Waals surface area contributed by atoms with E-state index in [1.54, 1.807) is 12.4 Å². The van der Waals surface area contributed by atoms with Crippen molar-refractivity contribution in [3.63, 3.8) is 0 Å². The predicted octanol–water partition coefficient (Wildman–Crippen LogP) is 8.89. The van der Waals surface area contributed by atoms with E-state index in [4.69, 9.17) is 31.7 Å². The first kappa shape index (κ1) is 47.8. The molecule has 2 aliphatic rings. The Morgan fingerprint density at radius 2 is 1.00 bits per heavy atom. The van der Waals surface area contributed by atoms with Crippen molar-refractivity contribution in [1.82, 2.24) is 35.2 Å². The number of benzene rings is 4. The fourth-order valence-electron chi connectivity index (χ4n) is 8.44. The van der Waals surface area contributed by atoms with E-state index in [0.717, 1.165) is 102 Å². The van der Waals surface area contributed by atoms with E-state index in [2.05, 4.69) is 30.2 Å². The van der Waals surface area contributed by atoms with Crippen LogP contribution in [0.5, 0.6) is 0 Å². The van der Waals surface area contributed by atoms with Gasteiger partial charge in [0.25, 0.3) is 5.91 Å². The molecule has 0 atom stereocenters. The molecule has 1 amide bonds. The Kier molecular flexibility index (Phi) is 16.2. The van der Waals surface area contributed by atoms with Gasteiger partial charge in [0, 0.05) is 78.4 Å². The number of ether oxygens (including phenoxy) is 2.